The van der Waals surface area contributed by atoms with Crippen molar-refractivity contribution in [1.82, 2.24) is 19.7 Å². The predicted octanol–water partition coefficient (Wildman–Crippen LogP) is 1.86. The summed E-state index contributed by atoms with van der Waals surface area (Å²) in [6.07, 6.45) is 5.15. The lowest BCUT2D eigenvalue weighted by atomic mass is 9.90. The molecule has 0 unspecified atom stereocenters. The zero-order valence-electron chi connectivity index (χ0n) is 18.4. The van der Waals surface area contributed by atoms with E-state index in [1.165, 1.54) is 23.4 Å². The molecule has 7 nitrogen and oxygen atoms in total. The number of nitrogens with zero attached hydrogens (tertiary/aromatic N) is 5. The third-order valence-electron chi connectivity index (χ3n) is 6.78. The highest BCUT2D eigenvalue weighted by Gasteiger charge is 2.32. The number of anilines is 1. The van der Waals surface area contributed by atoms with Gasteiger partial charge >= 0.3 is 0 Å². The number of aryl methyl sites for hydroxylation is 1. The molecule has 8 heteroatoms. The molecule has 2 fully saturated rings. The highest BCUT2D eigenvalue weighted by atomic mass is 32.1. The van der Waals surface area contributed by atoms with Gasteiger partial charge in [-0.25, -0.2) is 4.98 Å². The van der Waals surface area contributed by atoms with Gasteiger partial charge in [-0.1, -0.05) is 13.3 Å². The van der Waals surface area contributed by atoms with Crippen molar-refractivity contribution in [3.63, 3.8) is 0 Å². The molecule has 1 aromatic heterocycles. The molecule has 1 aromatic rings. The number of carbonyl (C=O) groups excluding carboxylic acids is 2. The summed E-state index contributed by atoms with van der Waals surface area (Å²) in [5.74, 6) is 0.615. The fourth-order valence-electron chi connectivity index (χ4n) is 4.75. The molecule has 0 bridgehead atoms. The lowest BCUT2D eigenvalue weighted by molar-refractivity contribution is -0.137. The van der Waals surface area contributed by atoms with Crippen LogP contribution in [-0.4, -0.2) is 90.4 Å². The summed E-state index contributed by atoms with van der Waals surface area (Å²) in [5.41, 5.74) is 1.19. The minimum Gasteiger partial charge on any atom is -0.345 e. The molecule has 4 rings (SSSR count). The first-order valence-corrected chi connectivity index (χ1v) is 12.4. The summed E-state index contributed by atoms with van der Waals surface area (Å²) in [6, 6.07) is 0. The van der Waals surface area contributed by atoms with Gasteiger partial charge in [-0.05, 0) is 32.2 Å². The smallest absolute Gasteiger partial charge is 0.226 e. The van der Waals surface area contributed by atoms with Gasteiger partial charge in [0.15, 0.2) is 5.13 Å². The molecule has 30 heavy (non-hydrogen) atoms. The Morgan fingerprint density at radius 1 is 1.03 bits per heavy atom. The van der Waals surface area contributed by atoms with Crippen LogP contribution in [0.25, 0.3) is 0 Å². The Kier molecular flexibility index (Phi) is 6.93. The third kappa shape index (κ3) is 4.80. The Hall–Kier alpha value is -1.67. The lowest BCUT2D eigenvalue weighted by Crippen LogP contribution is -2.51. The number of fused-ring (bicyclic) bond motifs is 1. The van der Waals surface area contributed by atoms with Crippen LogP contribution in [0.3, 0.4) is 0 Å². The van der Waals surface area contributed by atoms with E-state index in [1.54, 1.807) is 18.3 Å². The molecular formula is C22H35N5O2S. The molecule has 2 aliphatic heterocycles. The molecule has 1 atom stereocenters. The van der Waals surface area contributed by atoms with Crippen LogP contribution in [-0.2, 0) is 22.4 Å². The standard InChI is InChI=1S/C22H35N5O2S/c1-3-4-7-24-8-10-26(11-9-24)21(29)18-5-6-19-20(16-18)30-22(23-19)27-14-12-25(13-15-27)17(2)28/h18H,3-16H2,1-2H3/t18-/m1/s1. The zero-order chi connectivity index (χ0) is 21.1. The fraction of sp³-hybridized carbons (Fsp3) is 0.773. The first-order valence-electron chi connectivity index (χ1n) is 11.5. The zero-order valence-corrected chi connectivity index (χ0v) is 19.3. The molecule has 0 spiro atoms. The Balaban J connectivity index is 1.31. The van der Waals surface area contributed by atoms with Gasteiger partial charge in [0.05, 0.1) is 5.69 Å². The van der Waals surface area contributed by atoms with Gasteiger partial charge in [-0.15, -0.1) is 11.3 Å². The van der Waals surface area contributed by atoms with Gasteiger partial charge in [0.2, 0.25) is 11.8 Å². The Bertz CT molecular complexity index is 751. The average molecular weight is 434 g/mol. The maximum absolute atomic E-state index is 13.1. The van der Waals surface area contributed by atoms with Gasteiger partial charge in [0.1, 0.15) is 0 Å². The number of rotatable bonds is 5. The van der Waals surface area contributed by atoms with Crippen LogP contribution in [0.4, 0.5) is 5.13 Å². The summed E-state index contributed by atoms with van der Waals surface area (Å²) in [4.78, 5) is 39.7. The lowest BCUT2D eigenvalue weighted by Gasteiger charge is -2.37. The molecular weight excluding hydrogens is 398 g/mol. The molecule has 1 aliphatic carbocycles. The van der Waals surface area contributed by atoms with Crippen molar-refractivity contribution < 1.29 is 9.59 Å². The van der Waals surface area contributed by atoms with E-state index in [2.05, 4.69) is 21.6 Å². The molecule has 0 saturated carbocycles. The molecule has 166 valence electrons. The van der Waals surface area contributed by atoms with Gasteiger partial charge in [0.25, 0.3) is 0 Å². The second-order valence-electron chi connectivity index (χ2n) is 8.82. The van der Waals surface area contributed by atoms with E-state index in [0.29, 0.717) is 5.91 Å². The van der Waals surface area contributed by atoms with Crippen LogP contribution in [0, 0.1) is 5.92 Å². The first-order chi connectivity index (χ1) is 14.5. The van der Waals surface area contributed by atoms with Crippen LogP contribution in [0.15, 0.2) is 0 Å². The molecule has 3 aliphatic rings. The number of hydrogen-bond donors (Lipinski definition) is 0. The third-order valence-corrected chi connectivity index (χ3v) is 7.97. The van der Waals surface area contributed by atoms with Crippen LogP contribution >= 0.6 is 11.3 Å². The molecule has 2 saturated heterocycles. The van der Waals surface area contributed by atoms with Gasteiger partial charge in [-0.3, -0.25) is 14.5 Å². The Morgan fingerprint density at radius 2 is 1.73 bits per heavy atom. The second-order valence-corrected chi connectivity index (χ2v) is 9.88. The van der Waals surface area contributed by atoms with E-state index in [0.717, 1.165) is 83.3 Å². The Morgan fingerprint density at radius 3 is 2.40 bits per heavy atom. The maximum atomic E-state index is 13.1. The van der Waals surface area contributed by atoms with Crippen molar-refractivity contribution in [3.8, 4) is 0 Å². The van der Waals surface area contributed by atoms with E-state index in [9.17, 15) is 9.59 Å². The molecule has 0 radical (unpaired) electrons. The number of carbonyl (C=O) groups is 2. The maximum Gasteiger partial charge on any atom is 0.226 e. The summed E-state index contributed by atoms with van der Waals surface area (Å²) in [5, 5.41) is 1.07. The summed E-state index contributed by atoms with van der Waals surface area (Å²) in [7, 11) is 0. The number of piperazine rings is 2. The van der Waals surface area contributed by atoms with Crippen LogP contribution < -0.4 is 4.90 Å². The molecule has 3 heterocycles. The van der Waals surface area contributed by atoms with E-state index in [-0.39, 0.29) is 11.8 Å². The van der Waals surface area contributed by atoms with E-state index in [1.807, 2.05) is 4.90 Å². The SMILES string of the molecule is CCCCN1CCN(C(=O)[C@@H]2CCc3nc(N4CCN(C(C)=O)CC4)sc3C2)CC1. The van der Waals surface area contributed by atoms with Crippen LogP contribution in [0.1, 0.15) is 43.7 Å². The first kappa shape index (κ1) is 21.6. The van der Waals surface area contributed by atoms with Gasteiger partial charge in [-0.2, -0.15) is 0 Å². The topological polar surface area (TPSA) is 60.0 Å². The number of thiazole rings is 1. The summed E-state index contributed by atoms with van der Waals surface area (Å²) >= 11 is 1.76. The van der Waals surface area contributed by atoms with E-state index in [4.69, 9.17) is 4.98 Å². The van der Waals surface area contributed by atoms with Crippen LogP contribution in [0.5, 0.6) is 0 Å². The highest BCUT2D eigenvalue weighted by Crippen LogP contribution is 2.35. The van der Waals surface area contributed by atoms with Crippen molar-refractivity contribution in [1.29, 1.82) is 0 Å². The number of aromatic nitrogens is 1. The quantitative estimate of drug-likeness (QED) is 0.709. The van der Waals surface area contributed by atoms with Crippen LogP contribution in [0.2, 0.25) is 0 Å². The minimum atomic E-state index is 0.113. The van der Waals surface area contributed by atoms with Crippen molar-refractivity contribution in [3.05, 3.63) is 10.6 Å². The molecule has 0 N–H and O–H groups in total. The van der Waals surface area contributed by atoms with Crippen molar-refractivity contribution >= 4 is 28.3 Å². The largest absolute Gasteiger partial charge is 0.345 e. The summed E-state index contributed by atoms with van der Waals surface area (Å²) in [6.45, 7) is 12.0. The number of amides is 2. The van der Waals surface area contributed by atoms with Crippen molar-refractivity contribution in [2.75, 3.05) is 63.8 Å². The minimum absolute atomic E-state index is 0.113. The fourth-order valence-corrected chi connectivity index (χ4v) is 5.99. The van der Waals surface area contributed by atoms with Gasteiger partial charge < -0.3 is 14.7 Å². The summed E-state index contributed by atoms with van der Waals surface area (Å²) < 4.78 is 0. The molecule has 0 aromatic carbocycles. The van der Waals surface area contributed by atoms with E-state index >= 15 is 0 Å². The average Bonchev–Trinajstić information content (AvgIpc) is 3.21. The molecule has 2 amide bonds. The monoisotopic (exact) mass is 433 g/mol. The number of hydrogen-bond acceptors (Lipinski definition) is 6. The normalized spacial score (nSPS) is 22.9. The van der Waals surface area contributed by atoms with Crippen molar-refractivity contribution in [2.24, 2.45) is 5.92 Å². The van der Waals surface area contributed by atoms with Crippen molar-refractivity contribution in [2.45, 2.75) is 46.0 Å². The second kappa shape index (κ2) is 9.64. The Labute approximate surface area is 184 Å². The van der Waals surface area contributed by atoms with E-state index < -0.39 is 0 Å². The van der Waals surface area contributed by atoms with Gasteiger partial charge in [0, 0.05) is 70.1 Å². The predicted molar refractivity (Wildman–Crippen MR) is 120 cm³/mol. The number of unbranched alkanes of at least 4 members (excludes halogenated alkanes) is 1. The highest BCUT2D eigenvalue weighted by molar-refractivity contribution is 7.15.